The fourth-order valence-corrected chi connectivity index (χ4v) is 2.62. The van der Waals surface area contributed by atoms with Gasteiger partial charge in [0.2, 0.25) is 0 Å². The van der Waals surface area contributed by atoms with Crippen molar-refractivity contribution < 1.29 is 14.3 Å². The molecular formula is C20H19BrClNO3. The van der Waals surface area contributed by atoms with Crippen molar-refractivity contribution in [3.8, 4) is 0 Å². The molecule has 0 saturated carbocycles. The number of carbonyl (C=O) groups is 2. The Morgan fingerprint density at radius 2 is 1.81 bits per heavy atom. The van der Waals surface area contributed by atoms with Crippen LogP contribution in [0.1, 0.15) is 29.8 Å². The summed E-state index contributed by atoms with van der Waals surface area (Å²) in [6, 6.07) is 13.9. The van der Waals surface area contributed by atoms with Gasteiger partial charge in [-0.1, -0.05) is 49.7 Å². The standard InChI is InChI=1S/C20H19BrClNO3/c1-13(2)12-26-20(25)18(11-14-7-9-15(22)10-8-14)23-19(24)16-5-3-4-6-17(16)21/h3-11,13H,12H2,1-2H3,(H,23,24)/b18-11+. The van der Waals surface area contributed by atoms with Gasteiger partial charge < -0.3 is 10.1 Å². The van der Waals surface area contributed by atoms with Crippen LogP contribution in [0.5, 0.6) is 0 Å². The number of rotatable bonds is 6. The lowest BCUT2D eigenvalue weighted by atomic mass is 10.1. The van der Waals surface area contributed by atoms with Gasteiger partial charge in [-0.15, -0.1) is 0 Å². The number of benzene rings is 2. The third kappa shape index (κ3) is 6.00. The SMILES string of the molecule is CC(C)COC(=O)/C(=C\c1ccc(Cl)cc1)NC(=O)c1ccccc1Br. The number of amides is 1. The average Bonchev–Trinajstić information content (AvgIpc) is 2.61. The summed E-state index contributed by atoms with van der Waals surface area (Å²) in [6.07, 6.45) is 1.56. The van der Waals surface area contributed by atoms with Crippen LogP contribution in [0.4, 0.5) is 0 Å². The molecule has 0 bridgehead atoms. The first-order valence-corrected chi connectivity index (χ1v) is 9.24. The predicted octanol–water partition coefficient (Wildman–Crippen LogP) is 5.07. The first kappa shape index (κ1) is 20.2. The summed E-state index contributed by atoms with van der Waals surface area (Å²) in [5.41, 5.74) is 1.21. The van der Waals surface area contributed by atoms with Crippen LogP contribution in [0.25, 0.3) is 6.08 Å². The van der Waals surface area contributed by atoms with Crippen molar-refractivity contribution in [1.29, 1.82) is 0 Å². The first-order valence-electron chi connectivity index (χ1n) is 8.07. The van der Waals surface area contributed by atoms with E-state index in [1.807, 2.05) is 19.9 Å². The van der Waals surface area contributed by atoms with E-state index in [1.165, 1.54) is 0 Å². The van der Waals surface area contributed by atoms with Crippen LogP contribution in [-0.4, -0.2) is 18.5 Å². The summed E-state index contributed by atoms with van der Waals surface area (Å²) < 4.78 is 5.91. The number of halogens is 2. The fourth-order valence-electron chi connectivity index (χ4n) is 2.03. The van der Waals surface area contributed by atoms with Crippen molar-refractivity contribution in [2.75, 3.05) is 6.61 Å². The fraction of sp³-hybridized carbons (Fsp3) is 0.200. The molecule has 0 unspecified atom stereocenters. The predicted molar refractivity (Wildman–Crippen MR) is 107 cm³/mol. The largest absolute Gasteiger partial charge is 0.461 e. The molecule has 1 N–H and O–H groups in total. The zero-order valence-corrected chi connectivity index (χ0v) is 16.8. The lowest BCUT2D eigenvalue weighted by molar-refractivity contribution is -0.140. The maximum absolute atomic E-state index is 12.6. The Morgan fingerprint density at radius 1 is 1.15 bits per heavy atom. The van der Waals surface area contributed by atoms with Crippen LogP contribution in [-0.2, 0) is 9.53 Å². The van der Waals surface area contributed by atoms with Gasteiger partial charge in [0, 0.05) is 9.50 Å². The summed E-state index contributed by atoms with van der Waals surface area (Å²) in [4.78, 5) is 25.0. The lowest BCUT2D eigenvalue weighted by Crippen LogP contribution is -2.29. The second-order valence-corrected chi connectivity index (χ2v) is 7.33. The highest BCUT2D eigenvalue weighted by molar-refractivity contribution is 9.10. The molecule has 0 aliphatic carbocycles. The monoisotopic (exact) mass is 435 g/mol. The van der Waals surface area contributed by atoms with E-state index in [-0.39, 0.29) is 18.2 Å². The van der Waals surface area contributed by atoms with Crippen LogP contribution >= 0.6 is 27.5 Å². The number of hydrogen-bond donors (Lipinski definition) is 1. The highest BCUT2D eigenvalue weighted by Gasteiger charge is 2.17. The van der Waals surface area contributed by atoms with Crippen molar-refractivity contribution in [3.05, 3.63) is 74.9 Å². The molecule has 0 spiro atoms. The third-order valence-electron chi connectivity index (χ3n) is 3.32. The summed E-state index contributed by atoms with van der Waals surface area (Å²) in [5, 5.41) is 3.23. The Hall–Kier alpha value is -2.11. The van der Waals surface area contributed by atoms with Gasteiger partial charge in [0.15, 0.2) is 0 Å². The lowest BCUT2D eigenvalue weighted by Gasteiger charge is -2.12. The molecule has 0 saturated heterocycles. The Morgan fingerprint density at radius 3 is 2.42 bits per heavy atom. The van der Waals surface area contributed by atoms with Crippen LogP contribution in [0.2, 0.25) is 5.02 Å². The molecule has 2 aromatic carbocycles. The van der Waals surface area contributed by atoms with Crippen LogP contribution in [0, 0.1) is 5.92 Å². The minimum absolute atomic E-state index is 0.0636. The number of hydrogen-bond acceptors (Lipinski definition) is 3. The molecule has 0 aliphatic rings. The van der Waals surface area contributed by atoms with E-state index < -0.39 is 11.9 Å². The van der Waals surface area contributed by atoms with E-state index in [0.717, 1.165) is 5.56 Å². The number of nitrogens with one attached hydrogen (secondary N) is 1. The smallest absolute Gasteiger partial charge is 0.354 e. The minimum Gasteiger partial charge on any atom is -0.461 e. The third-order valence-corrected chi connectivity index (χ3v) is 4.26. The topological polar surface area (TPSA) is 55.4 Å². The molecule has 0 heterocycles. The summed E-state index contributed by atoms with van der Waals surface area (Å²) in [6.45, 7) is 4.15. The number of esters is 1. The van der Waals surface area contributed by atoms with Crippen molar-refractivity contribution in [3.63, 3.8) is 0 Å². The van der Waals surface area contributed by atoms with E-state index >= 15 is 0 Å². The second-order valence-electron chi connectivity index (χ2n) is 6.04. The molecule has 4 nitrogen and oxygen atoms in total. The van der Waals surface area contributed by atoms with Gasteiger partial charge in [0.05, 0.1) is 12.2 Å². The van der Waals surface area contributed by atoms with Crippen molar-refractivity contribution in [1.82, 2.24) is 5.32 Å². The molecule has 1 amide bonds. The van der Waals surface area contributed by atoms with E-state index in [2.05, 4.69) is 21.2 Å². The van der Waals surface area contributed by atoms with Crippen LogP contribution < -0.4 is 5.32 Å². The first-order chi connectivity index (χ1) is 12.4. The normalized spacial score (nSPS) is 11.3. The molecule has 0 aromatic heterocycles. The van der Waals surface area contributed by atoms with Gasteiger partial charge >= 0.3 is 5.97 Å². The summed E-state index contributed by atoms with van der Waals surface area (Å²) in [7, 11) is 0. The van der Waals surface area contributed by atoms with Gasteiger partial charge in [0.1, 0.15) is 5.70 Å². The van der Waals surface area contributed by atoms with E-state index in [4.69, 9.17) is 16.3 Å². The molecule has 2 rings (SSSR count). The number of ether oxygens (including phenoxy) is 1. The van der Waals surface area contributed by atoms with Crippen LogP contribution in [0.3, 0.4) is 0 Å². The summed E-state index contributed by atoms with van der Waals surface area (Å²) in [5.74, 6) is -0.803. The molecule has 0 fully saturated rings. The maximum atomic E-state index is 12.6. The van der Waals surface area contributed by atoms with E-state index in [1.54, 1.807) is 48.5 Å². The Bertz CT molecular complexity index is 816. The highest BCUT2D eigenvalue weighted by atomic mass is 79.9. The zero-order chi connectivity index (χ0) is 19.1. The minimum atomic E-state index is -0.589. The zero-order valence-electron chi connectivity index (χ0n) is 14.5. The molecular weight excluding hydrogens is 418 g/mol. The van der Waals surface area contributed by atoms with Gasteiger partial charge in [0.25, 0.3) is 5.91 Å². The average molecular weight is 437 g/mol. The van der Waals surface area contributed by atoms with Gasteiger partial charge in [-0.2, -0.15) is 0 Å². The molecule has 0 radical (unpaired) electrons. The molecule has 0 atom stereocenters. The van der Waals surface area contributed by atoms with Crippen LogP contribution in [0.15, 0.2) is 58.7 Å². The maximum Gasteiger partial charge on any atom is 0.354 e. The highest BCUT2D eigenvalue weighted by Crippen LogP contribution is 2.17. The molecule has 6 heteroatoms. The van der Waals surface area contributed by atoms with E-state index in [0.29, 0.717) is 15.1 Å². The van der Waals surface area contributed by atoms with Gasteiger partial charge in [-0.05, 0) is 57.8 Å². The van der Waals surface area contributed by atoms with Crippen molar-refractivity contribution in [2.24, 2.45) is 5.92 Å². The van der Waals surface area contributed by atoms with Crippen molar-refractivity contribution in [2.45, 2.75) is 13.8 Å². The number of carbonyl (C=O) groups excluding carboxylic acids is 2. The molecule has 26 heavy (non-hydrogen) atoms. The van der Waals surface area contributed by atoms with Crippen molar-refractivity contribution >= 4 is 45.5 Å². The quantitative estimate of drug-likeness (QED) is 0.508. The van der Waals surface area contributed by atoms with Gasteiger partial charge in [-0.25, -0.2) is 4.79 Å². The Kier molecular flexibility index (Phi) is 7.42. The Balaban J connectivity index is 2.27. The molecule has 136 valence electrons. The Labute approximate surface area is 166 Å². The van der Waals surface area contributed by atoms with Gasteiger partial charge in [-0.3, -0.25) is 4.79 Å². The summed E-state index contributed by atoms with van der Waals surface area (Å²) >= 11 is 9.23. The van der Waals surface area contributed by atoms with E-state index in [9.17, 15) is 9.59 Å². The second kappa shape index (κ2) is 9.55. The molecule has 2 aromatic rings. The molecule has 0 aliphatic heterocycles.